The lowest BCUT2D eigenvalue weighted by atomic mass is 10.3. The third-order valence-corrected chi connectivity index (χ3v) is 2.80. The van der Waals surface area contributed by atoms with Gasteiger partial charge in [-0.1, -0.05) is 0 Å². The van der Waals surface area contributed by atoms with Gasteiger partial charge in [0.25, 0.3) is 0 Å². The molecule has 0 saturated carbocycles. The number of urea groups is 1. The monoisotopic (exact) mass is 324 g/mol. The summed E-state index contributed by atoms with van der Waals surface area (Å²) >= 11 is 3.24. The molecule has 0 aliphatic carbocycles. The van der Waals surface area contributed by atoms with Gasteiger partial charge in [-0.2, -0.15) is 0 Å². The van der Waals surface area contributed by atoms with Crippen LogP contribution in [0.2, 0.25) is 0 Å². The van der Waals surface area contributed by atoms with E-state index in [0.717, 1.165) is 0 Å². The Morgan fingerprint density at radius 2 is 1.95 bits per heavy atom. The number of anilines is 3. The summed E-state index contributed by atoms with van der Waals surface area (Å²) in [4.78, 5) is 15.7. The van der Waals surface area contributed by atoms with Gasteiger partial charge in [0.1, 0.15) is 11.6 Å². The maximum atomic E-state index is 12.7. The van der Waals surface area contributed by atoms with Crippen LogP contribution >= 0.6 is 15.9 Å². The summed E-state index contributed by atoms with van der Waals surface area (Å²) in [6.07, 6.45) is 1.43. The lowest BCUT2D eigenvalue weighted by Gasteiger charge is -2.08. The minimum Gasteiger partial charge on any atom is -0.397 e. The summed E-state index contributed by atoms with van der Waals surface area (Å²) < 4.78 is 13.3. The topological polar surface area (TPSA) is 80.0 Å². The van der Waals surface area contributed by atoms with Crippen LogP contribution < -0.4 is 16.4 Å². The molecule has 0 fully saturated rings. The lowest BCUT2D eigenvalue weighted by molar-refractivity contribution is 0.262. The normalized spacial score (nSPS) is 10.0. The first-order valence-electron chi connectivity index (χ1n) is 5.29. The number of carbonyl (C=O) groups excluding carboxylic acids is 1. The number of hydrogen-bond acceptors (Lipinski definition) is 3. The summed E-state index contributed by atoms with van der Waals surface area (Å²) in [5.41, 5.74) is 6.50. The van der Waals surface area contributed by atoms with E-state index in [2.05, 4.69) is 31.5 Å². The van der Waals surface area contributed by atoms with Crippen LogP contribution in [0.15, 0.2) is 41.0 Å². The Labute approximate surface area is 117 Å². The number of pyridine rings is 1. The zero-order valence-electron chi connectivity index (χ0n) is 9.65. The molecule has 0 radical (unpaired) electrons. The quantitative estimate of drug-likeness (QED) is 0.793. The van der Waals surface area contributed by atoms with Crippen LogP contribution in [0.4, 0.5) is 26.4 Å². The summed E-state index contributed by atoms with van der Waals surface area (Å²) in [7, 11) is 0. The van der Waals surface area contributed by atoms with Gasteiger partial charge in [-0.25, -0.2) is 14.2 Å². The Morgan fingerprint density at radius 3 is 2.58 bits per heavy atom. The van der Waals surface area contributed by atoms with Crippen molar-refractivity contribution in [1.29, 1.82) is 0 Å². The first-order valence-corrected chi connectivity index (χ1v) is 6.08. The average molecular weight is 325 g/mol. The molecule has 0 bridgehead atoms. The zero-order chi connectivity index (χ0) is 13.8. The molecule has 98 valence electrons. The van der Waals surface area contributed by atoms with Crippen molar-refractivity contribution in [3.05, 3.63) is 46.8 Å². The van der Waals surface area contributed by atoms with Crippen LogP contribution in [0.1, 0.15) is 0 Å². The lowest BCUT2D eigenvalue weighted by Crippen LogP contribution is -2.20. The first-order chi connectivity index (χ1) is 9.04. The van der Waals surface area contributed by atoms with E-state index >= 15 is 0 Å². The van der Waals surface area contributed by atoms with E-state index in [9.17, 15) is 9.18 Å². The molecule has 7 heteroatoms. The van der Waals surface area contributed by atoms with Crippen LogP contribution in [0.3, 0.4) is 0 Å². The summed E-state index contributed by atoms with van der Waals surface area (Å²) in [6.45, 7) is 0. The number of nitrogens with zero attached hydrogens (tertiary/aromatic N) is 1. The summed E-state index contributed by atoms with van der Waals surface area (Å²) in [5.74, 6) is -0.0253. The number of aromatic nitrogens is 1. The Morgan fingerprint density at radius 1 is 1.26 bits per heavy atom. The molecular formula is C12H10BrFN4O. The Hall–Kier alpha value is -2.15. The van der Waals surface area contributed by atoms with Crippen molar-refractivity contribution in [2.24, 2.45) is 0 Å². The molecule has 0 spiro atoms. The highest BCUT2D eigenvalue weighted by Gasteiger charge is 2.07. The van der Waals surface area contributed by atoms with Crippen molar-refractivity contribution in [2.75, 3.05) is 16.4 Å². The van der Waals surface area contributed by atoms with Crippen molar-refractivity contribution in [2.45, 2.75) is 0 Å². The Balaban J connectivity index is 2.03. The smallest absolute Gasteiger partial charge is 0.324 e. The SMILES string of the molecule is Nc1cnc(NC(=O)Nc2ccc(F)cc2)c(Br)c1. The molecule has 5 nitrogen and oxygen atoms in total. The molecule has 0 unspecified atom stereocenters. The predicted octanol–water partition coefficient (Wildman–Crippen LogP) is 3.21. The molecule has 1 aromatic heterocycles. The van der Waals surface area contributed by atoms with Gasteiger partial charge in [0.2, 0.25) is 0 Å². The molecule has 0 atom stereocenters. The first kappa shape index (κ1) is 13.3. The number of hydrogen-bond donors (Lipinski definition) is 3. The van der Waals surface area contributed by atoms with Crippen molar-refractivity contribution in [1.82, 2.24) is 4.98 Å². The fourth-order valence-electron chi connectivity index (χ4n) is 1.35. The van der Waals surface area contributed by atoms with Gasteiger partial charge < -0.3 is 11.1 Å². The highest BCUT2D eigenvalue weighted by molar-refractivity contribution is 9.10. The number of nitrogen functional groups attached to an aromatic ring is 1. The van der Waals surface area contributed by atoms with Gasteiger partial charge in [0, 0.05) is 5.69 Å². The molecule has 1 aromatic carbocycles. The molecule has 0 saturated heterocycles. The number of benzene rings is 1. The van der Waals surface area contributed by atoms with E-state index in [1.165, 1.54) is 30.5 Å². The molecule has 19 heavy (non-hydrogen) atoms. The third-order valence-electron chi connectivity index (χ3n) is 2.20. The van der Waals surface area contributed by atoms with Crippen molar-refractivity contribution in [3.63, 3.8) is 0 Å². The minimum absolute atomic E-state index is 0.341. The molecule has 0 aliphatic heterocycles. The van der Waals surface area contributed by atoms with Gasteiger partial charge in [-0.15, -0.1) is 0 Å². The number of halogens is 2. The van der Waals surface area contributed by atoms with Crippen LogP contribution in [-0.4, -0.2) is 11.0 Å². The van der Waals surface area contributed by atoms with Crippen LogP contribution in [0.5, 0.6) is 0 Å². The standard InChI is InChI=1S/C12H10BrFN4O/c13-10-5-8(15)6-16-11(10)18-12(19)17-9-3-1-7(14)2-4-9/h1-6H,15H2,(H2,16,17,18,19). The highest BCUT2D eigenvalue weighted by Crippen LogP contribution is 2.21. The van der Waals surface area contributed by atoms with Gasteiger partial charge in [-0.05, 0) is 46.3 Å². The van der Waals surface area contributed by atoms with E-state index in [1.54, 1.807) is 6.07 Å². The van der Waals surface area contributed by atoms with Crippen molar-refractivity contribution in [3.8, 4) is 0 Å². The van der Waals surface area contributed by atoms with E-state index in [4.69, 9.17) is 5.73 Å². The van der Waals surface area contributed by atoms with E-state index in [0.29, 0.717) is 21.7 Å². The number of carbonyl (C=O) groups is 1. The number of amides is 2. The molecule has 1 heterocycles. The number of nitrogens with two attached hydrogens (primary N) is 1. The minimum atomic E-state index is -0.482. The van der Waals surface area contributed by atoms with Crippen LogP contribution in [-0.2, 0) is 0 Å². The maximum absolute atomic E-state index is 12.7. The summed E-state index contributed by atoms with van der Waals surface area (Å²) in [5, 5.41) is 5.09. The Bertz CT molecular complexity index is 603. The van der Waals surface area contributed by atoms with Gasteiger partial charge in [0.05, 0.1) is 16.4 Å². The second-order valence-electron chi connectivity index (χ2n) is 3.69. The summed E-state index contributed by atoms with van der Waals surface area (Å²) in [6, 6.07) is 6.57. The Kier molecular flexibility index (Phi) is 3.96. The zero-order valence-corrected chi connectivity index (χ0v) is 11.2. The number of nitrogens with one attached hydrogen (secondary N) is 2. The van der Waals surface area contributed by atoms with Crippen molar-refractivity contribution < 1.29 is 9.18 Å². The largest absolute Gasteiger partial charge is 0.397 e. The van der Waals surface area contributed by atoms with Crippen molar-refractivity contribution >= 4 is 39.2 Å². The second kappa shape index (κ2) is 5.66. The third kappa shape index (κ3) is 3.65. The molecule has 4 N–H and O–H groups in total. The fourth-order valence-corrected chi connectivity index (χ4v) is 1.81. The molecular weight excluding hydrogens is 315 g/mol. The van der Waals surface area contributed by atoms with Gasteiger partial charge in [0.15, 0.2) is 0 Å². The van der Waals surface area contributed by atoms with Gasteiger partial charge in [-0.3, -0.25) is 5.32 Å². The molecule has 2 aromatic rings. The predicted molar refractivity (Wildman–Crippen MR) is 75.4 cm³/mol. The van der Waals surface area contributed by atoms with E-state index in [-0.39, 0.29) is 5.82 Å². The molecule has 0 aliphatic rings. The number of rotatable bonds is 2. The molecule has 2 amide bonds. The van der Waals surface area contributed by atoms with Gasteiger partial charge >= 0.3 is 6.03 Å². The fraction of sp³-hybridized carbons (Fsp3) is 0. The molecule has 2 rings (SSSR count). The van der Waals surface area contributed by atoms with Crippen LogP contribution in [0.25, 0.3) is 0 Å². The second-order valence-corrected chi connectivity index (χ2v) is 4.54. The van der Waals surface area contributed by atoms with E-state index in [1.807, 2.05) is 0 Å². The average Bonchev–Trinajstić information content (AvgIpc) is 2.36. The van der Waals surface area contributed by atoms with E-state index < -0.39 is 6.03 Å². The highest BCUT2D eigenvalue weighted by atomic mass is 79.9. The van der Waals surface area contributed by atoms with Crippen LogP contribution in [0, 0.1) is 5.82 Å². The maximum Gasteiger partial charge on any atom is 0.324 e.